The highest BCUT2D eigenvalue weighted by Crippen LogP contribution is 2.29. The van der Waals surface area contributed by atoms with Gasteiger partial charge >= 0.3 is 11.9 Å². The molecule has 0 radical (unpaired) electrons. The predicted molar refractivity (Wildman–Crippen MR) is 69.8 cm³/mol. The highest BCUT2D eigenvalue weighted by molar-refractivity contribution is 6.00. The van der Waals surface area contributed by atoms with Gasteiger partial charge in [0.2, 0.25) is 0 Å². The average Bonchev–Trinajstić information content (AvgIpc) is 2.35. The summed E-state index contributed by atoms with van der Waals surface area (Å²) in [6, 6.07) is 2.89. The topological polar surface area (TPSA) is 83.8 Å². The number of carboxylic acid groups (broad SMARTS) is 2. The summed E-state index contributed by atoms with van der Waals surface area (Å²) in [4.78, 5) is 22.4. The molecule has 0 unspecified atom stereocenters. The van der Waals surface area contributed by atoms with Crippen LogP contribution in [0.4, 0.5) is 0 Å². The number of hydrogen-bond donors (Lipinski definition) is 2. The van der Waals surface area contributed by atoms with Gasteiger partial charge in [0.05, 0.1) is 6.26 Å². The minimum absolute atomic E-state index is 0.103. The molecule has 0 spiro atoms. The first-order valence-corrected chi connectivity index (χ1v) is 5.92. The Balaban J connectivity index is 3.43. The lowest BCUT2D eigenvalue weighted by Crippen LogP contribution is -2.10. The van der Waals surface area contributed by atoms with Gasteiger partial charge in [-0.15, -0.1) is 0 Å². The standard InChI is InChI=1S/C14H16O5/c1-3-5-6-9-7-8-10(13(15)16)12(19-4-2)11(9)14(17)18/h4,7-8H,2-3,5-6H2,1H3,(H,15,16)(H,17,18). The van der Waals surface area contributed by atoms with E-state index in [1.807, 2.05) is 6.92 Å². The van der Waals surface area contributed by atoms with E-state index < -0.39 is 11.9 Å². The van der Waals surface area contributed by atoms with Gasteiger partial charge in [-0.05, 0) is 24.5 Å². The molecule has 1 rings (SSSR count). The summed E-state index contributed by atoms with van der Waals surface area (Å²) in [5.41, 5.74) is 0.280. The van der Waals surface area contributed by atoms with Crippen LogP contribution in [0.3, 0.4) is 0 Å². The summed E-state index contributed by atoms with van der Waals surface area (Å²) in [5, 5.41) is 18.3. The normalized spacial score (nSPS) is 9.95. The van der Waals surface area contributed by atoms with E-state index in [4.69, 9.17) is 9.84 Å². The molecule has 0 atom stereocenters. The summed E-state index contributed by atoms with van der Waals surface area (Å²) in [7, 11) is 0. The smallest absolute Gasteiger partial charge is 0.339 e. The van der Waals surface area contributed by atoms with Gasteiger partial charge in [0.15, 0.2) is 5.75 Å². The Kier molecular flexibility index (Phi) is 5.11. The second-order valence-electron chi connectivity index (χ2n) is 3.97. The molecule has 0 bridgehead atoms. The number of carbonyl (C=O) groups is 2. The summed E-state index contributed by atoms with van der Waals surface area (Å²) >= 11 is 0. The van der Waals surface area contributed by atoms with Crippen molar-refractivity contribution in [1.29, 1.82) is 0 Å². The van der Waals surface area contributed by atoms with Crippen LogP contribution in [0.15, 0.2) is 25.0 Å². The molecular formula is C14H16O5. The van der Waals surface area contributed by atoms with Crippen molar-refractivity contribution in [2.24, 2.45) is 0 Å². The third-order valence-corrected chi connectivity index (χ3v) is 2.69. The van der Waals surface area contributed by atoms with Crippen LogP contribution in [-0.4, -0.2) is 22.2 Å². The number of aryl methyl sites for hydroxylation is 1. The third kappa shape index (κ3) is 3.34. The van der Waals surface area contributed by atoms with Gasteiger partial charge in [0.25, 0.3) is 0 Å². The molecule has 5 nitrogen and oxygen atoms in total. The molecule has 0 heterocycles. The van der Waals surface area contributed by atoms with E-state index in [0.717, 1.165) is 19.1 Å². The molecule has 0 saturated heterocycles. The highest BCUT2D eigenvalue weighted by Gasteiger charge is 2.23. The fraction of sp³-hybridized carbons (Fsp3) is 0.286. The maximum absolute atomic E-state index is 11.3. The molecule has 0 aliphatic heterocycles. The van der Waals surface area contributed by atoms with Gasteiger partial charge in [-0.2, -0.15) is 0 Å². The number of rotatable bonds is 7. The first kappa shape index (κ1) is 14.8. The fourth-order valence-electron chi connectivity index (χ4n) is 1.81. The van der Waals surface area contributed by atoms with Crippen LogP contribution in [0.1, 0.15) is 46.0 Å². The van der Waals surface area contributed by atoms with E-state index in [1.54, 1.807) is 0 Å². The lowest BCUT2D eigenvalue weighted by molar-refractivity contribution is 0.0691. The molecule has 0 fully saturated rings. The minimum atomic E-state index is -1.23. The van der Waals surface area contributed by atoms with Crippen molar-refractivity contribution in [2.45, 2.75) is 26.2 Å². The molecule has 0 aliphatic carbocycles. The number of unbranched alkanes of at least 4 members (excludes halogenated alkanes) is 1. The van der Waals surface area contributed by atoms with Crippen LogP contribution < -0.4 is 4.74 Å². The SMILES string of the molecule is C=COc1c(C(=O)O)ccc(CCCC)c1C(=O)O. The van der Waals surface area contributed by atoms with Gasteiger partial charge in [-0.25, -0.2) is 9.59 Å². The molecule has 0 aromatic heterocycles. The lowest BCUT2D eigenvalue weighted by Gasteiger charge is -2.13. The van der Waals surface area contributed by atoms with Crippen molar-refractivity contribution < 1.29 is 24.5 Å². The zero-order valence-corrected chi connectivity index (χ0v) is 10.7. The second-order valence-corrected chi connectivity index (χ2v) is 3.97. The summed E-state index contributed by atoms with van der Waals surface area (Å²) in [6.45, 7) is 5.33. The molecule has 1 aromatic carbocycles. The van der Waals surface area contributed by atoms with Crippen LogP contribution in [-0.2, 0) is 6.42 Å². The second kappa shape index (κ2) is 6.58. The van der Waals surface area contributed by atoms with Crippen molar-refractivity contribution in [3.63, 3.8) is 0 Å². The molecule has 2 N–H and O–H groups in total. The maximum Gasteiger partial charge on any atom is 0.339 e. The minimum Gasteiger partial charge on any atom is -0.478 e. The number of carboxylic acids is 2. The number of ether oxygens (including phenoxy) is 1. The van der Waals surface area contributed by atoms with Gasteiger partial charge in [0.1, 0.15) is 11.1 Å². The predicted octanol–water partition coefficient (Wildman–Crippen LogP) is 2.95. The summed E-state index contributed by atoms with van der Waals surface area (Å²) in [5.74, 6) is -2.60. The Bertz CT molecular complexity index is 505. The van der Waals surface area contributed by atoms with Gasteiger partial charge in [-0.3, -0.25) is 0 Å². The first-order chi connectivity index (χ1) is 9.02. The molecule has 1 aromatic rings. The zero-order chi connectivity index (χ0) is 14.4. The van der Waals surface area contributed by atoms with Crippen molar-refractivity contribution in [1.82, 2.24) is 0 Å². The van der Waals surface area contributed by atoms with Crippen molar-refractivity contribution in [2.75, 3.05) is 0 Å². The Hall–Kier alpha value is -2.30. The maximum atomic E-state index is 11.3. The Morgan fingerprint density at radius 2 is 2.00 bits per heavy atom. The van der Waals surface area contributed by atoms with Crippen LogP contribution in [0.5, 0.6) is 5.75 Å². The number of aromatic carboxylic acids is 2. The lowest BCUT2D eigenvalue weighted by atomic mass is 9.98. The fourth-order valence-corrected chi connectivity index (χ4v) is 1.81. The number of benzene rings is 1. The Morgan fingerprint density at radius 3 is 2.47 bits per heavy atom. The van der Waals surface area contributed by atoms with E-state index in [-0.39, 0.29) is 16.9 Å². The van der Waals surface area contributed by atoms with Crippen LogP contribution in [0.2, 0.25) is 0 Å². The summed E-state index contributed by atoms with van der Waals surface area (Å²) in [6.07, 6.45) is 3.32. The van der Waals surface area contributed by atoms with Gasteiger partial charge < -0.3 is 14.9 Å². The monoisotopic (exact) mass is 264 g/mol. The molecule has 0 amide bonds. The van der Waals surface area contributed by atoms with E-state index >= 15 is 0 Å². The van der Waals surface area contributed by atoms with E-state index in [1.165, 1.54) is 12.1 Å². The van der Waals surface area contributed by atoms with Crippen molar-refractivity contribution in [3.05, 3.63) is 41.7 Å². The molecular weight excluding hydrogens is 248 g/mol. The average molecular weight is 264 g/mol. The summed E-state index contributed by atoms with van der Waals surface area (Å²) < 4.78 is 5.01. The molecule has 102 valence electrons. The van der Waals surface area contributed by atoms with Crippen LogP contribution >= 0.6 is 0 Å². The highest BCUT2D eigenvalue weighted by atomic mass is 16.5. The van der Waals surface area contributed by atoms with Crippen molar-refractivity contribution >= 4 is 11.9 Å². The first-order valence-electron chi connectivity index (χ1n) is 5.92. The molecule has 0 aliphatic rings. The van der Waals surface area contributed by atoms with E-state index in [2.05, 4.69) is 6.58 Å². The van der Waals surface area contributed by atoms with Gasteiger partial charge in [-0.1, -0.05) is 26.0 Å². The van der Waals surface area contributed by atoms with Gasteiger partial charge in [0, 0.05) is 0 Å². The van der Waals surface area contributed by atoms with E-state index in [9.17, 15) is 14.7 Å². The largest absolute Gasteiger partial charge is 0.478 e. The third-order valence-electron chi connectivity index (χ3n) is 2.69. The zero-order valence-electron chi connectivity index (χ0n) is 10.7. The van der Waals surface area contributed by atoms with Crippen LogP contribution in [0.25, 0.3) is 0 Å². The van der Waals surface area contributed by atoms with Crippen LogP contribution in [0, 0.1) is 0 Å². The van der Waals surface area contributed by atoms with Crippen molar-refractivity contribution in [3.8, 4) is 5.75 Å². The van der Waals surface area contributed by atoms with E-state index in [0.29, 0.717) is 12.0 Å². The number of hydrogen-bond acceptors (Lipinski definition) is 3. The molecule has 19 heavy (non-hydrogen) atoms. The molecule has 5 heteroatoms. The molecule has 0 saturated carbocycles. The Labute approximate surface area is 111 Å². The Morgan fingerprint density at radius 1 is 1.32 bits per heavy atom. The quantitative estimate of drug-likeness (QED) is 0.740.